The molecule has 1 aromatic heterocycles. The quantitative estimate of drug-likeness (QED) is 0.680. The third-order valence-electron chi connectivity index (χ3n) is 4.20. The van der Waals surface area contributed by atoms with Crippen molar-refractivity contribution in [2.75, 3.05) is 24.7 Å². The van der Waals surface area contributed by atoms with Gasteiger partial charge in [0.1, 0.15) is 5.69 Å². The van der Waals surface area contributed by atoms with Gasteiger partial charge in [0.2, 0.25) is 0 Å². The first kappa shape index (κ1) is 18.5. The number of aryl methyl sites for hydroxylation is 1. The summed E-state index contributed by atoms with van der Waals surface area (Å²) < 4.78 is 30.1. The van der Waals surface area contributed by atoms with E-state index in [4.69, 9.17) is 4.74 Å². The van der Waals surface area contributed by atoms with Crippen LogP contribution in [0.15, 0.2) is 18.3 Å². The Morgan fingerprint density at radius 3 is 2.71 bits per heavy atom. The number of rotatable bonds is 7. The smallest absolute Gasteiger partial charge is 0.355 e. The Kier molecular flexibility index (Phi) is 6.04. The fourth-order valence-corrected chi connectivity index (χ4v) is 4.55. The van der Waals surface area contributed by atoms with Crippen molar-refractivity contribution in [3.8, 4) is 0 Å². The van der Waals surface area contributed by atoms with Gasteiger partial charge in [-0.2, -0.15) is 0 Å². The number of unbranched alkanes of at least 4 members (excludes halogenated alkanes) is 1. The standard InChI is InChI=1S/C16H24N2O5S/c1-3-4-9-18(13-7-10-24(21,22)12-13)15(19)11-23-16(20)14-6-5-8-17(14)2/h5-6,8,13H,3-4,7,9-12H2,1-2H3. The molecule has 24 heavy (non-hydrogen) atoms. The number of sulfone groups is 1. The van der Waals surface area contributed by atoms with E-state index >= 15 is 0 Å². The predicted octanol–water partition coefficient (Wildman–Crippen LogP) is 0.998. The van der Waals surface area contributed by atoms with E-state index in [9.17, 15) is 18.0 Å². The normalized spacial score (nSPS) is 19.2. The molecule has 0 saturated carbocycles. The fraction of sp³-hybridized carbons (Fsp3) is 0.625. The zero-order valence-electron chi connectivity index (χ0n) is 14.1. The zero-order chi connectivity index (χ0) is 17.7. The van der Waals surface area contributed by atoms with E-state index in [0.29, 0.717) is 18.7 Å². The van der Waals surface area contributed by atoms with Crippen molar-refractivity contribution in [3.05, 3.63) is 24.0 Å². The highest BCUT2D eigenvalue weighted by Crippen LogP contribution is 2.19. The Labute approximate surface area is 142 Å². The largest absolute Gasteiger partial charge is 0.451 e. The molecule has 1 atom stereocenters. The van der Waals surface area contributed by atoms with E-state index in [1.165, 1.54) is 0 Å². The number of hydrogen-bond acceptors (Lipinski definition) is 5. The van der Waals surface area contributed by atoms with Gasteiger partial charge in [0.25, 0.3) is 5.91 Å². The highest BCUT2D eigenvalue weighted by Gasteiger charge is 2.34. The number of carbonyl (C=O) groups is 2. The lowest BCUT2D eigenvalue weighted by atomic mass is 10.2. The van der Waals surface area contributed by atoms with Gasteiger partial charge in [0.15, 0.2) is 16.4 Å². The van der Waals surface area contributed by atoms with Crippen LogP contribution in [0.5, 0.6) is 0 Å². The SMILES string of the molecule is CCCCN(C(=O)COC(=O)c1cccn1C)C1CCS(=O)(=O)C1. The van der Waals surface area contributed by atoms with Crippen LogP contribution in [-0.2, 0) is 26.4 Å². The highest BCUT2D eigenvalue weighted by atomic mass is 32.2. The van der Waals surface area contributed by atoms with Gasteiger partial charge in [0.05, 0.1) is 11.5 Å². The summed E-state index contributed by atoms with van der Waals surface area (Å²) in [5.41, 5.74) is 0.367. The maximum absolute atomic E-state index is 12.5. The highest BCUT2D eigenvalue weighted by molar-refractivity contribution is 7.91. The lowest BCUT2D eigenvalue weighted by molar-refractivity contribution is -0.136. The van der Waals surface area contributed by atoms with Gasteiger partial charge < -0.3 is 14.2 Å². The molecule has 1 aliphatic rings. The van der Waals surface area contributed by atoms with Gasteiger partial charge >= 0.3 is 5.97 Å². The molecule has 2 heterocycles. The van der Waals surface area contributed by atoms with Gasteiger partial charge in [0, 0.05) is 25.8 Å². The van der Waals surface area contributed by atoms with Gasteiger partial charge in [-0.3, -0.25) is 4.79 Å². The first-order chi connectivity index (χ1) is 11.3. The number of nitrogens with zero attached hydrogens (tertiary/aromatic N) is 2. The second kappa shape index (κ2) is 7.83. The van der Waals surface area contributed by atoms with Crippen molar-refractivity contribution in [3.63, 3.8) is 0 Å². The molecule has 1 unspecified atom stereocenters. The van der Waals surface area contributed by atoms with Crippen molar-refractivity contribution >= 4 is 21.7 Å². The summed E-state index contributed by atoms with van der Waals surface area (Å²) in [4.78, 5) is 26.0. The number of ether oxygens (including phenoxy) is 1. The molecule has 1 saturated heterocycles. The van der Waals surface area contributed by atoms with Gasteiger partial charge in [-0.1, -0.05) is 13.3 Å². The summed E-state index contributed by atoms with van der Waals surface area (Å²) in [5.74, 6) is -0.802. The van der Waals surface area contributed by atoms with Gasteiger partial charge in [-0.05, 0) is 25.0 Å². The van der Waals surface area contributed by atoms with Crippen LogP contribution in [0.3, 0.4) is 0 Å². The van der Waals surface area contributed by atoms with E-state index in [1.54, 1.807) is 34.8 Å². The summed E-state index contributed by atoms with van der Waals surface area (Å²) in [7, 11) is -1.36. The lowest BCUT2D eigenvalue weighted by Crippen LogP contribution is -2.44. The fourth-order valence-electron chi connectivity index (χ4n) is 2.82. The average molecular weight is 356 g/mol. The second-order valence-electron chi connectivity index (χ2n) is 6.08. The Morgan fingerprint density at radius 2 is 2.17 bits per heavy atom. The minimum absolute atomic E-state index is 0.00574. The molecule has 0 bridgehead atoms. The first-order valence-corrected chi connectivity index (χ1v) is 9.94. The molecule has 1 amide bonds. The van der Waals surface area contributed by atoms with Crippen molar-refractivity contribution in [1.29, 1.82) is 0 Å². The molecular weight excluding hydrogens is 332 g/mol. The Bertz CT molecular complexity index is 695. The third kappa shape index (κ3) is 4.59. The van der Waals surface area contributed by atoms with Gasteiger partial charge in [-0.25, -0.2) is 13.2 Å². The monoisotopic (exact) mass is 356 g/mol. The molecule has 7 nitrogen and oxygen atoms in total. The van der Waals surface area contributed by atoms with Crippen molar-refractivity contribution < 1.29 is 22.7 Å². The molecule has 0 spiro atoms. The van der Waals surface area contributed by atoms with Crippen LogP contribution < -0.4 is 0 Å². The number of aromatic nitrogens is 1. The van der Waals surface area contributed by atoms with Crippen LogP contribution in [0.4, 0.5) is 0 Å². The predicted molar refractivity (Wildman–Crippen MR) is 89.4 cm³/mol. The molecule has 134 valence electrons. The number of hydrogen-bond donors (Lipinski definition) is 0. The van der Waals surface area contributed by atoms with Crippen LogP contribution in [0.1, 0.15) is 36.7 Å². The third-order valence-corrected chi connectivity index (χ3v) is 5.95. The Balaban J connectivity index is 1.97. The molecule has 8 heteroatoms. The first-order valence-electron chi connectivity index (χ1n) is 8.12. The van der Waals surface area contributed by atoms with Crippen molar-refractivity contribution in [2.45, 2.75) is 32.2 Å². The molecule has 1 fully saturated rings. The molecule has 2 rings (SSSR count). The van der Waals surface area contributed by atoms with E-state index < -0.39 is 15.8 Å². The molecule has 0 N–H and O–H groups in total. The Hall–Kier alpha value is -1.83. The van der Waals surface area contributed by atoms with E-state index in [1.807, 2.05) is 6.92 Å². The molecular formula is C16H24N2O5S. The molecule has 0 aliphatic carbocycles. The van der Waals surface area contributed by atoms with Gasteiger partial charge in [-0.15, -0.1) is 0 Å². The van der Waals surface area contributed by atoms with Crippen molar-refractivity contribution in [2.24, 2.45) is 7.05 Å². The minimum Gasteiger partial charge on any atom is -0.451 e. The maximum atomic E-state index is 12.5. The van der Waals surface area contributed by atoms with E-state index in [0.717, 1.165) is 12.8 Å². The molecule has 1 aliphatic heterocycles. The Morgan fingerprint density at radius 1 is 1.42 bits per heavy atom. The molecule has 0 aromatic carbocycles. The van der Waals surface area contributed by atoms with Crippen LogP contribution in [0.25, 0.3) is 0 Å². The summed E-state index contributed by atoms with van der Waals surface area (Å²) >= 11 is 0. The summed E-state index contributed by atoms with van der Waals surface area (Å²) in [5, 5.41) is 0. The second-order valence-corrected chi connectivity index (χ2v) is 8.31. The van der Waals surface area contributed by atoms with E-state index in [2.05, 4.69) is 0 Å². The summed E-state index contributed by atoms with van der Waals surface area (Å²) in [6, 6.07) is 3.02. The summed E-state index contributed by atoms with van der Waals surface area (Å²) in [6.45, 7) is 2.12. The number of esters is 1. The van der Waals surface area contributed by atoms with Crippen LogP contribution in [-0.4, -0.2) is 60.5 Å². The topological polar surface area (TPSA) is 85.7 Å². The van der Waals surface area contributed by atoms with Crippen LogP contribution in [0.2, 0.25) is 0 Å². The molecule has 1 aromatic rings. The lowest BCUT2D eigenvalue weighted by Gasteiger charge is -2.28. The molecule has 0 radical (unpaired) electrons. The number of amides is 1. The van der Waals surface area contributed by atoms with E-state index in [-0.39, 0.29) is 30.1 Å². The average Bonchev–Trinajstić information content (AvgIpc) is 3.10. The minimum atomic E-state index is -3.08. The van der Waals surface area contributed by atoms with Crippen LogP contribution in [0, 0.1) is 0 Å². The van der Waals surface area contributed by atoms with Crippen LogP contribution >= 0.6 is 0 Å². The summed E-state index contributed by atoms with van der Waals surface area (Å²) in [6.07, 6.45) is 3.85. The maximum Gasteiger partial charge on any atom is 0.355 e. The van der Waals surface area contributed by atoms with Crippen molar-refractivity contribution in [1.82, 2.24) is 9.47 Å². The zero-order valence-corrected chi connectivity index (χ0v) is 14.9. The number of carbonyl (C=O) groups excluding carboxylic acids is 2.